The fourth-order valence-corrected chi connectivity index (χ4v) is 3.90. The lowest BCUT2D eigenvalue weighted by Gasteiger charge is -2.57. The number of nitrogens with zero attached hydrogens (tertiary/aromatic N) is 3. The van der Waals surface area contributed by atoms with Gasteiger partial charge in [-0.25, -0.2) is 9.97 Å². The Morgan fingerprint density at radius 2 is 2.06 bits per heavy atom. The van der Waals surface area contributed by atoms with Gasteiger partial charge in [0.1, 0.15) is 0 Å². The predicted molar refractivity (Wildman–Crippen MR) is 73.6 cm³/mol. The summed E-state index contributed by atoms with van der Waals surface area (Å²) in [6.07, 6.45) is 5.15. The van der Waals surface area contributed by atoms with Gasteiger partial charge in [-0.15, -0.1) is 0 Å². The highest BCUT2D eigenvalue weighted by Gasteiger charge is 2.61. The van der Waals surface area contributed by atoms with E-state index in [2.05, 4.69) is 51.7 Å². The molecule has 98 valence electrons. The van der Waals surface area contributed by atoms with Gasteiger partial charge in [0.25, 0.3) is 0 Å². The van der Waals surface area contributed by atoms with Gasteiger partial charge in [0.15, 0.2) is 0 Å². The quantitative estimate of drug-likeness (QED) is 0.841. The maximum absolute atomic E-state index is 5.83. The van der Waals surface area contributed by atoms with E-state index in [9.17, 15) is 0 Å². The second kappa shape index (κ2) is 4.17. The first-order chi connectivity index (χ1) is 8.51. The summed E-state index contributed by atoms with van der Waals surface area (Å²) in [5, 5.41) is 0. The topological polar surface area (TPSA) is 38.2 Å². The summed E-state index contributed by atoms with van der Waals surface area (Å²) >= 11 is 3.37. The van der Waals surface area contributed by atoms with E-state index in [0.717, 1.165) is 23.4 Å². The van der Waals surface area contributed by atoms with Gasteiger partial charge >= 0.3 is 0 Å². The van der Waals surface area contributed by atoms with E-state index in [0.29, 0.717) is 18.1 Å². The van der Waals surface area contributed by atoms with Gasteiger partial charge in [0.2, 0.25) is 5.95 Å². The van der Waals surface area contributed by atoms with Crippen molar-refractivity contribution >= 4 is 21.9 Å². The van der Waals surface area contributed by atoms with Crippen LogP contribution in [-0.2, 0) is 4.74 Å². The molecule has 0 bridgehead atoms. The highest BCUT2D eigenvalue weighted by Crippen LogP contribution is 2.54. The van der Waals surface area contributed by atoms with Crippen LogP contribution < -0.4 is 4.90 Å². The van der Waals surface area contributed by atoms with Crippen LogP contribution in [0.25, 0.3) is 0 Å². The molecule has 4 nitrogen and oxygen atoms in total. The van der Waals surface area contributed by atoms with E-state index in [4.69, 9.17) is 4.74 Å². The molecule has 1 aliphatic heterocycles. The Morgan fingerprint density at radius 1 is 1.39 bits per heavy atom. The van der Waals surface area contributed by atoms with Crippen LogP contribution in [0.15, 0.2) is 16.9 Å². The minimum Gasteiger partial charge on any atom is -0.377 e. The third-order valence-electron chi connectivity index (χ3n) is 4.38. The molecule has 0 radical (unpaired) electrons. The molecule has 2 heterocycles. The molecule has 1 aromatic rings. The van der Waals surface area contributed by atoms with Crippen molar-refractivity contribution in [1.29, 1.82) is 0 Å². The Hall–Kier alpha value is -0.680. The van der Waals surface area contributed by atoms with Gasteiger partial charge in [-0.3, -0.25) is 0 Å². The number of hydrogen-bond donors (Lipinski definition) is 0. The maximum atomic E-state index is 5.83. The molecule has 1 aliphatic carbocycles. The monoisotopic (exact) mass is 311 g/mol. The smallest absolute Gasteiger partial charge is 0.225 e. The van der Waals surface area contributed by atoms with Crippen LogP contribution in [0.4, 0.5) is 5.95 Å². The van der Waals surface area contributed by atoms with Crippen LogP contribution >= 0.6 is 15.9 Å². The molecule has 2 fully saturated rings. The van der Waals surface area contributed by atoms with Gasteiger partial charge in [-0.1, -0.05) is 13.8 Å². The van der Waals surface area contributed by atoms with Gasteiger partial charge in [0, 0.05) is 43.4 Å². The summed E-state index contributed by atoms with van der Waals surface area (Å²) in [5.74, 6) is 1.42. The number of fused-ring (bicyclic) bond motifs is 1. The highest BCUT2D eigenvalue weighted by molar-refractivity contribution is 9.10. The highest BCUT2D eigenvalue weighted by atomic mass is 79.9. The van der Waals surface area contributed by atoms with Crippen LogP contribution in [0.2, 0.25) is 0 Å². The zero-order valence-electron chi connectivity index (χ0n) is 10.9. The van der Waals surface area contributed by atoms with Crippen molar-refractivity contribution in [2.24, 2.45) is 11.3 Å². The van der Waals surface area contributed by atoms with Gasteiger partial charge < -0.3 is 9.64 Å². The van der Waals surface area contributed by atoms with E-state index in [1.165, 1.54) is 0 Å². The van der Waals surface area contributed by atoms with Gasteiger partial charge in [-0.2, -0.15) is 0 Å². The first kappa shape index (κ1) is 12.4. The van der Waals surface area contributed by atoms with Crippen molar-refractivity contribution in [2.45, 2.75) is 32.4 Å². The molecule has 3 rings (SSSR count). The molecule has 18 heavy (non-hydrogen) atoms. The summed E-state index contributed by atoms with van der Waals surface area (Å²) in [6.45, 7) is 5.45. The molecule has 2 aliphatic rings. The first-order valence-corrected chi connectivity index (χ1v) is 7.13. The molecule has 3 unspecified atom stereocenters. The van der Waals surface area contributed by atoms with E-state index in [-0.39, 0.29) is 5.41 Å². The Labute approximate surface area is 116 Å². The Balaban J connectivity index is 1.84. The Kier molecular flexibility index (Phi) is 2.86. The van der Waals surface area contributed by atoms with Gasteiger partial charge in [0.05, 0.1) is 10.6 Å². The standard InChI is InChI=1S/C13H18BrN3O/c1-13(2)10(9-4-5-18-11(9)13)17(3)12-15-6-8(14)7-16-12/h6-7,9-11H,4-5H2,1-3H3. The molecular formula is C13H18BrN3O. The van der Waals surface area contributed by atoms with Crippen molar-refractivity contribution in [2.75, 3.05) is 18.6 Å². The lowest BCUT2D eigenvalue weighted by Crippen LogP contribution is -2.66. The van der Waals surface area contributed by atoms with Crippen LogP contribution in [0, 0.1) is 11.3 Å². The van der Waals surface area contributed by atoms with Crippen LogP contribution in [0.3, 0.4) is 0 Å². The van der Waals surface area contributed by atoms with Crippen molar-refractivity contribution in [1.82, 2.24) is 9.97 Å². The minimum atomic E-state index is 0.173. The lowest BCUT2D eigenvalue weighted by molar-refractivity contribution is -0.101. The van der Waals surface area contributed by atoms with Crippen LogP contribution in [-0.4, -0.2) is 35.8 Å². The summed E-state index contributed by atoms with van der Waals surface area (Å²) < 4.78 is 6.74. The van der Waals surface area contributed by atoms with Crippen molar-refractivity contribution in [3.8, 4) is 0 Å². The summed E-state index contributed by atoms with van der Waals surface area (Å²) in [6, 6.07) is 0.464. The van der Waals surface area contributed by atoms with Crippen LogP contribution in [0.1, 0.15) is 20.3 Å². The Morgan fingerprint density at radius 3 is 2.72 bits per heavy atom. The Bertz CT molecular complexity index is 448. The third-order valence-corrected chi connectivity index (χ3v) is 4.79. The molecule has 1 aromatic heterocycles. The maximum Gasteiger partial charge on any atom is 0.225 e. The number of hydrogen-bond acceptors (Lipinski definition) is 4. The number of ether oxygens (including phenoxy) is 1. The summed E-state index contributed by atoms with van der Waals surface area (Å²) in [4.78, 5) is 11.0. The average molecular weight is 312 g/mol. The number of rotatable bonds is 2. The molecule has 0 spiro atoms. The molecule has 0 N–H and O–H groups in total. The number of aromatic nitrogens is 2. The zero-order chi connectivity index (χ0) is 12.9. The largest absolute Gasteiger partial charge is 0.377 e. The molecular weight excluding hydrogens is 294 g/mol. The second-order valence-electron chi connectivity index (χ2n) is 5.82. The minimum absolute atomic E-state index is 0.173. The molecule has 5 heteroatoms. The van der Waals surface area contributed by atoms with Crippen molar-refractivity contribution < 1.29 is 4.74 Å². The van der Waals surface area contributed by atoms with Crippen molar-refractivity contribution in [3.63, 3.8) is 0 Å². The SMILES string of the molecule is CN(c1ncc(Br)cn1)C1C2CCOC2C1(C)C. The van der Waals surface area contributed by atoms with E-state index >= 15 is 0 Å². The van der Waals surface area contributed by atoms with E-state index in [1.807, 2.05) is 0 Å². The zero-order valence-corrected chi connectivity index (χ0v) is 12.5. The fourth-order valence-electron chi connectivity index (χ4n) is 3.70. The van der Waals surface area contributed by atoms with Crippen molar-refractivity contribution in [3.05, 3.63) is 16.9 Å². The predicted octanol–water partition coefficient (Wildman–Crippen LogP) is 2.49. The number of anilines is 1. The molecule has 0 aromatic carbocycles. The summed E-state index contributed by atoms with van der Waals surface area (Å²) in [7, 11) is 2.09. The summed E-state index contributed by atoms with van der Waals surface area (Å²) in [5.41, 5.74) is 0.173. The van der Waals surface area contributed by atoms with Crippen LogP contribution in [0.5, 0.6) is 0 Å². The fraction of sp³-hybridized carbons (Fsp3) is 0.692. The second-order valence-corrected chi connectivity index (χ2v) is 6.74. The van der Waals surface area contributed by atoms with E-state index < -0.39 is 0 Å². The first-order valence-electron chi connectivity index (χ1n) is 6.34. The third kappa shape index (κ3) is 1.67. The molecule has 3 atom stereocenters. The molecule has 1 saturated heterocycles. The number of halogens is 1. The molecule has 0 amide bonds. The molecule has 1 saturated carbocycles. The average Bonchev–Trinajstić information content (AvgIpc) is 2.76. The lowest BCUT2D eigenvalue weighted by atomic mass is 9.57. The van der Waals surface area contributed by atoms with E-state index in [1.54, 1.807) is 12.4 Å². The van der Waals surface area contributed by atoms with Gasteiger partial charge in [-0.05, 0) is 22.4 Å². The normalized spacial score (nSPS) is 32.8.